The lowest BCUT2D eigenvalue weighted by Gasteiger charge is -2.29. The number of carbonyl (C=O) groups excluding carboxylic acids is 2. The molecule has 0 spiro atoms. The quantitative estimate of drug-likeness (QED) is 0.611. The first kappa shape index (κ1) is 24.1. The Hall–Kier alpha value is -2.57. The maximum Gasteiger partial charge on any atom is 0.256 e. The van der Waals surface area contributed by atoms with Crippen molar-refractivity contribution in [1.29, 1.82) is 0 Å². The van der Waals surface area contributed by atoms with Crippen molar-refractivity contribution in [2.75, 3.05) is 38.0 Å². The zero-order valence-electron chi connectivity index (χ0n) is 19.6. The van der Waals surface area contributed by atoms with Crippen molar-refractivity contribution >= 4 is 40.8 Å². The van der Waals surface area contributed by atoms with E-state index < -0.39 is 0 Å². The van der Waals surface area contributed by atoms with Gasteiger partial charge in [0.1, 0.15) is 0 Å². The molecule has 2 amide bonds. The Balaban J connectivity index is 0.00000141. The molecular weight excluding hydrogens is 424 g/mol. The molecule has 3 heterocycles. The number of benzene rings is 1. The number of rotatable bonds is 6. The third-order valence-electron chi connectivity index (χ3n) is 6.13. The molecule has 0 unspecified atom stereocenters. The molecule has 4 rings (SSSR count). The van der Waals surface area contributed by atoms with Crippen molar-refractivity contribution in [3.63, 3.8) is 0 Å². The first-order valence-corrected chi connectivity index (χ1v) is 11.9. The summed E-state index contributed by atoms with van der Waals surface area (Å²) in [6.45, 7) is 14.5. The van der Waals surface area contributed by atoms with E-state index in [4.69, 9.17) is 11.6 Å². The van der Waals surface area contributed by atoms with Crippen LogP contribution in [-0.4, -0.2) is 59.3 Å². The van der Waals surface area contributed by atoms with E-state index >= 15 is 0 Å². The van der Waals surface area contributed by atoms with E-state index in [0.717, 1.165) is 66.4 Å². The SMILES string of the molecule is CC.CCN(CC)CCN1CCc2[nH]c(/C=C3\C(=O)Nc4ccc(Cl)cc43)c(C)c2C1=O. The highest BCUT2D eigenvalue weighted by molar-refractivity contribution is 6.36. The molecular formula is C25H33ClN4O2. The summed E-state index contributed by atoms with van der Waals surface area (Å²) in [4.78, 5) is 33.3. The number of fused-ring (bicyclic) bond motifs is 2. The molecule has 7 heteroatoms. The predicted octanol–water partition coefficient (Wildman–Crippen LogP) is 4.84. The number of nitrogens with one attached hydrogen (secondary N) is 2. The summed E-state index contributed by atoms with van der Waals surface area (Å²) < 4.78 is 0. The average molecular weight is 457 g/mol. The number of halogens is 1. The summed E-state index contributed by atoms with van der Waals surface area (Å²) in [7, 11) is 0. The number of likely N-dealkylation sites (N-methyl/N-ethyl adjacent to an activating group) is 1. The summed E-state index contributed by atoms with van der Waals surface area (Å²) in [5, 5.41) is 3.45. The van der Waals surface area contributed by atoms with Crippen LogP contribution in [0.4, 0.5) is 5.69 Å². The molecule has 2 aliphatic rings. The van der Waals surface area contributed by atoms with Gasteiger partial charge >= 0.3 is 0 Å². The van der Waals surface area contributed by atoms with Gasteiger partial charge in [0.05, 0.1) is 11.1 Å². The molecule has 0 saturated carbocycles. The van der Waals surface area contributed by atoms with E-state index in [2.05, 4.69) is 29.0 Å². The van der Waals surface area contributed by atoms with Crippen LogP contribution in [0.3, 0.4) is 0 Å². The van der Waals surface area contributed by atoms with Crippen LogP contribution in [-0.2, 0) is 11.2 Å². The number of anilines is 1. The van der Waals surface area contributed by atoms with Gasteiger partial charge in [-0.1, -0.05) is 39.3 Å². The molecule has 0 atom stereocenters. The molecule has 2 N–H and O–H groups in total. The third kappa shape index (κ3) is 4.62. The second kappa shape index (κ2) is 10.4. The van der Waals surface area contributed by atoms with E-state index in [1.165, 1.54) is 0 Å². The van der Waals surface area contributed by atoms with Gasteiger partial charge in [0.2, 0.25) is 0 Å². The van der Waals surface area contributed by atoms with E-state index in [1.54, 1.807) is 18.2 Å². The molecule has 0 bridgehead atoms. The summed E-state index contributed by atoms with van der Waals surface area (Å²) in [5.74, 6) is -0.0902. The maximum atomic E-state index is 13.2. The highest BCUT2D eigenvalue weighted by atomic mass is 35.5. The number of aromatic nitrogens is 1. The van der Waals surface area contributed by atoms with Crippen LogP contribution < -0.4 is 5.32 Å². The van der Waals surface area contributed by atoms with E-state index in [1.807, 2.05) is 31.7 Å². The second-order valence-corrected chi connectivity index (χ2v) is 8.22. The Morgan fingerprint density at radius 1 is 1.19 bits per heavy atom. The maximum absolute atomic E-state index is 13.2. The molecule has 0 fully saturated rings. The number of amides is 2. The second-order valence-electron chi connectivity index (χ2n) is 7.79. The van der Waals surface area contributed by atoms with Crippen LogP contribution in [0.15, 0.2) is 18.2 Å². The molecule has 1 aromatic carbocycles. The first-order valence-electron chi connectivity index (χ1n) is 11.5. The van der Waals surface area contributed by atoms with Gasteiger partial charge < -0.3 is 20.1 Å². The van der Waals surface area contributed by atoms with Crippen LogP contribution in [0.25, 0.3) is 11.6 Å². The molecule has 1 aromatic heterocycles. The van der Waals surface area contributed by atoms with Gasteiger partial charge in [-0.2, -0.15) is 0 Å². The van der Waals surface area contributed by atoms with Gasteiger partial charge in [0.15, 0.2) is 0 Å². The van der Waals surface area contributed by atoms with E-state index in [-0.39, 0.29) is 11.8 Å². The van der Waals surface area contributed by atoms with Gasteiger partial charge in [-0.3, -0.25) is 9.59 Å². The minimum absolute atomic E-state index is 0.0705. The standard InChI is InChI=1S/C23H27ClN4O2.C2H6/c1-4-27(5-2)10-11-28-9-8-19-21(23(28)30)14(3)20(25-19)13-17-16-12-15(24)6-7-18(16)26-22(17)29;1-2/h6-7,12-13,25H,4-5,8-11H2,1-3H3,(H,26,29);1-2H3/b17-13-;. The third-order valence-corrected chi connectivity index (χ3v) is 6.37. The predicted molar refractivity (Wildman–Crippen MR) is 132 cm³/mol. The minimum Gasteiger partial charge on any atom is -0.358 e. The molecule has 0 aliphatic carbocycles. The van der Waals surface area contributed by atoms with Crippen molar-refractivity contribution in [2.24, 2.45) is 0 Å². The monoisotopic (exact) mass is 456 g/mol. The Morgan fingerprint density at radius 3 is 2.59 bits per heavy atom. The van der Waals surface area contributed by atoms with Crippen LogP contribution >= 0.6 is 11.6 Å². The topological polar surface area (TPSA) is 68.4 Å². The minimum atomic E-state index is -0.161. The first-order chi connectivity index (χ1) is 15.4. The number of nitrogens with zero attached hydrogens (tertiary/aromatic N) is 2. The molecule has 0 saturated heterocycles. The van der Waals surface area contributed by atoms with Crippen molar-refractivity contribution < 1.29 is 9.59 Å². The summed E-state index contributed by atoms with van der Waals surface area (Å²) in [6, 6.07) is 5.35. The molecule has 2 aliphatic heterocycles. The van der Waals surface area contributed by atoms with Gasteiger partial charge in [0.25, 0.3) is 11.8 Å². The number of H-pyrrole nitrogens is 1. The fraction of sp³-hybridized carbons (Fsp3) is 0.440. The van der Waals surface area contributed by atoms with E-state index in [0.29, 0.717) is 17.1 Å². The number of aromatic amines is 1. The number of hydrogen-bond acceptors (Lipinski definition) is 3. The highest BCUT2D eigenvalue weighted by Gasteiger charge is 2.30. The zero-order valence-corrected chi connectivity index (χ0v) is 20.4. The zero-order chi connectivity index (χ0) is 23.4. The van der Waals surface area contributed by atoms with Gasteiger partial charge in [-0.05, 0) is 49.9 Å². The Bertz CT molecular complexity index is 1040. The Morgan fingerprint density at radius 2 is 1.91 bits per heavy atom. The lowest BCUT2D eigenvalue weighted by molar-refractivity contribution is -0.110. The number of carbonyl (C=O) groups is 2. The van der Waals surface area contributed by atoms with Gasteiger partial charge in [-0.15, -0.1) is 0 Å². The van der Waals surface area contributed by atoms with Crippen LogP contribution in [0.2, 0.25) is 5.02 Å². The smallest absolute Gasteiger partial charge is 0.256 e. The molecule has 32 heavy (non-hydrogen) atoms. The van der Waals surface area contributed by atoms with Crippen LogP contribution in [0.1, 0.15) is 60.6 Å². The fourth-order valence-electron chi connectivity index (χ4n) is 4.27. The Labute approximate surface area is 195 Å². The highest BCUT2D eigenvalue weighted by Crippen LogP contribution is 2.36. The van der Waals surface area contributed by atoms with Crippen molar-refractivity contribution in [2.45, 2.75) is 41.0 Å². The van der Waals surface area contributed by atoms with Crippen LogP contribution in [0.5, 0.6) is 0 Å². The summed E-state index contributed by atoms with van der Waals surface area (Å²) >= 11 is 6.13. The molecule has 0 radical (unpaired) electrons. The van der Waals surface area contributed by atoms with Crippen LogP contribution in [0, 0.1) is 6.92 Å². The van der Waals surface area contributed by atoms with Crippen molar-refractivity contribution in [3.05, 3.63) is 51.3 Å². The van der Waals surface area contributed by atoms with E-state index in [9.17, 15) is 9.59 Å². The van der Waals surface area contributed by atoms with Gasteiger partial charge in [0, 0.05) is 53.7 Å². The lowest BCUT2D eigenvalue weighted by Crippen LogP contribution is -2.42. The molecule has 172 valence electrons. The Kier molecular flexibility index (Phi) is 7.80. The summed E-state index contributed by atoms with van der Waals surface area (Å²) in [5.41, 5.74) is 5.48. The normalized spacial score (nSPS) is 16.1. The number of hydrogen-bond donors (Lipinski definition) is 2. The largest absolute Gasteiger partial charge is 0.358 e. The van der Waals surface area contributed by atoms with Gasteiger partial charge in [-0.25, -0.2) is 0 Å². The fourth-order valence-corrected chi connectivity index (χ4v) is 4.44. The lowest BCUT2D eigenvalue weighted by atomic mass is 10.0. The molecule has 2 aromatic rings. The molecule has 6 nitrogen and oxygen atoms in total. The van der Waals surface area contributed by atoms with Crippen molar-refractivity contribution in [3.8, 4) is 0 Å². The van der Waals surface area contributed by atoms with Crippen molar-refractivity contribution in [1.82, 2.24) is 14.8 Å². The average Bonchev–Trinajstić information content (AvgIpc) is 3.28. The summed E-state index contributed by atoms with van der Waals surface area (Å²) in [6.07, 6.45) is 2.62.